The van der Waals surface area contributed by atoms with Crippen LogP contribution in [0.5, 0.6) is 0 Å². The van der Waals surface area contributed by atoms with Gasteiger partial charge in [-0.3, -0.25) is 4.79 Å². The molecule has 0 saturated carbocycles. The molecule has 42 valence electrons. The average molecular weight is 109 g/mol. The quantitative estimate of drug-likeness (QED) is 0.438. The van der Waals surface area contributed by atoms with Crippen LogP contribution in [0.4, 0.5) is 0 Å². The summed E-state index contributed by atoms with van der Waals surface area (Å²) in [6.07, 6.45) is 5.05. The summed E-state index contributed by atoms with van der Waals surface area (Å²) < 4.78 is 0. The zero-order chi connectivity index (χ0) is 5.56. The van der Waals surface area contributed by atoms with Crippen LogP contribution in [-0.4, -0.2) is 11.9 Å². The number of amides is 1. The monoisotopic (exact) mass is 109 g/mol. The molecule has 1 heterocycles. The summed E-state index contributed by atoms with van der Waals surface area (Å²) in [5.41, 5.74) is 0. The summed E-state index contributed by atoms with van der Waals surface area (Å²) in [7, 11) is 0. The van der Waals surface area contributed by atoms with Gasteiger partial charge >= 0.3 is 0 Å². The van der Waals surface area contributed by atoms with E-state index in [9.17, 15) is 4.79 Å². The molecule has 2 heteroatoms. The highest BCUT2D eigenvalue weighted by Gasteiger charge is 2.32. The van der Waals surface area contributed by atoms with E-state index in [-0.39, 0.29) is 11.8 Å². The first kappa shape index (κ1) is 4.13. The van der Waals surface area contributed by atoms with Crippen LogP contribution in [0.25, 0.3) is 0 Å². The summed E-state index contributed by atoms with van der Waals surface area (Å²) in [6.45, 7) is 0. The SMILES string of the molecule is O=C1NC2C=C[C@H]1C2. The topological polar surface area (TPSA) is 29.1 Å². The molecule has 2 rings (SSSR count). The molecule has 1 fully saturated rings. The van der Waals surface area contributed by atoms with E-state index in [2.05, 4.69) is 11.4 Å². The van der Waals surface area contributed by atoms with E-state index >= 15 is 0 Å². The van der Waals surface area contributed by atoms with Gasteiger partial charge in [0.25, 0.3) is 0 Å². The van der Waals surface area contributed by atoms with Gasteiger partial charge in [0.1, 0.15) is 0 Å². The van der Waals surface area contributed by atoms with E-state index < -0.39 is 0 Å². The molecule has 1 N–H and O–H groups in total. The van der Waals surface area contributed by atoms with E-state index in [0.29, 0.717) is 6.04 Å². The van der Waals surface area contributed by atoms with Gasteiger partial charge in [-0.05, 0) is 6.42 Å². The Bertz CT molecular complexity index is 162. The highest BCUT2D eigenvalue weighted by molar-refractivity contribution is 5.84. The molecule has 1 amide bonds. The Hall–Kier alpha value is -0.790. The first-order chi connectivity index (χ1) is 3.86. The molecule has 1 aliphatic heterocycles. The fourth-order valence-electron chi connectivity index (χ4n) is 1.29. The summed E-state index contributed by atoms with van der Waals surface area (Å²) >= 11 is 0. The van der Waals surface area contributed by atoms with Gasteiger partial charge in [-0.1, -0.05) is 12.2 Å². The number of hydrogen-bond donors (Lipinski definition) is 1. The number of nitrogens with one attached hydrogen (secondary N) is 1. The van der Waals surface area contributed by atoms with Crippen LogP contribution < -0.4 is 5.32 Å². The fraction of sp³-hybridized carbons (Fsp3) is 0.500. The molecule has 1 unspecified atom stereocenters. The summed E-state index contributed by atoms with van der Waals surface area (Å²) in [5, 5.41) is 2.83. The van der Waals surface area contributed by atoms with Gasteiger partial charge in [-0.15, -0.1) is 0 Å². The molecular weight excluding hydrogens is 102 g/mol. The average Bonchev–Trinajstić information content (AvgIpc) is 2.23. The molecule has 0 spiro atoms. The van der Waals surface area contributed by atoms with E-state index in [1.807, 2.05) is 6.08 Å². The third-order valence-electron chi connectivity index (χ3n) is 1.75. The van der Waals surface area contributed by atoms with Gasteiger partial charge in [0.05, 0.1) is 5.92 Å². The third kappa shape index (κ3) is 0.351. The van der Waals surface area contributed by atoms with Gasteiger partial charge in [0.2, 0.25) is 5.91 Å². The van der Waals surface area contributed by atoms with E-state index in [4.69, 9.17) is 0 Å². The minimum atomic E-state index is 0.206. The zero-order valence-electron chi connectivity index (χ0n) is 4.42. The van der Waals surface area contributed by atoms with Gasteiger partial charge in [-0.2, -0.15) is 0 Å². The highest BCUT2D eigenvalue weighted by Crippen LogP contribution is 2.23. The Morgan fingerprint density at radius 2 is 2.50 bits per heavy atom. The van der Waals surface area contributed by atoms with Crippen molar-refractivity contribution in [3.05, 3.63) is 12.2 Å². The predicted octanol–water partition coefficient (Wildman–Crippen LogP) is 0.0609. The van der Waals surface area contributed by atoms with Crippen LogP contribution in [0.1, 0.15) is 6.42 Å². The molecule has 2 bridgehead atoms. The minimum absolute atomic E-state index is 0.206. The smallest absolute Gasteiger partial charge is 0.227 e. The minimum Gasteiger partial charge on any atom is -0.349 e. The number of rotatable bonds is 0. The van der Waals surface area contributed by atoms with Crippen molar-refractivity contribution in [1.82, 2.24) is 5.32 Å². The van der Waals surface area contributed by atoms with Crippen molar-refractivity contribution in [2.24, 2.45) is 5.92 Å². The normalized spacial score (nSPS) is 40.8. The second-order valence-electron chi connectivity index (χ2n) is 2.34. The van der Waals surface area contributed by atoms with Gasteiger partial charge < -0.3 is 5.32 Å². The maximum Gasteiger partial charge on any atom is 0.227 e. The first-order valence-corrected chi connectivity index (χ1v) is 2.85. The summed E-state index contributed by atoms with van der Waals surface area (Å²) in [4.78, 5) is 10.7. The number of hydrogen-bond acceptors (Lipinski definition) is 1. The Balaban J connectivity index is 2.35. The van der Waals surface area contributed by atoms with Gasteiger partial charge in [0, 0.05) is 6.04 Å². The standard InChI is InChI=1S/C6H7NO/c8-6-4-1-2-5(3-4)7-6/h1-2,4-5H,3H2,(H,7,8)/t4-,5?/m0/s1. The van der Waals surface area contributed by atoms with Crippen LogP contribution in [0.3, 0.4) is 0 Å². The van der Waals surface area contributed by atoms with E-state index in [1.165, 1.54) is 0 Å². The Morgan fingerprint density at radius 1 is 1.62 bits per heavy atom. The van der Waals surface area contributed by atoms with Crippen molar-refractivity contribution in [1.29, 1.82) is 0 Å². The van der Waals surface area contributed by atoms with Crippen molar-refractivity contribution < 1.29 is 4.79 Å². The molecular formula is C6H7NO. The molecule has 1 aliphatic carbocycles. The van der Waals surface area contributed by atoms with Crippen molar-refractivity contribution >= 4 is 5.91 Å². The van der Waals surface area contributed by atoms with Crippen molar-refractivity contribution in [2.75, 3.05) is 0 Å². The van der Waals surface area contributed by atoms with Gasteiger partial charge in [-0.25, -0.2) is 0 Å². The molecule has 2 nitrogen and oxygen atoms in total. The second-order valence-corrected chi connectivity index (χ2v) is 2.34. The van der Waals surface area contributed by atoms with Crippen LogP contribution >= 0.6 is 0 Å². The molecule has 0 aromatic heterocycles. The Morgan fingerprint density at radius 3 is 2.75 bits per heavy atom. The second kappa shape index (κ2) is 1.13. The van der Waals surface area contributed by atoms with Crippen molar-refractivity contribution in [3.8, 4) is 0 Å². The van der Waals surface area contributed by atoms with Crippen LogP contribution in [-0.2, 0) is 4.79 Å². The predicted molar refractivity (Wildman–Crippen MR) is 29.2 cm³/mol. The van der Waals surface area contributed by atoms with Crippen molar-refractivity contribution in [2.45, 2.75) is 12.5 Å². The van der Waals surface area contributed by atoms with Gasteiger partial charge in [0.15, 0.2) is 0 Å². The van der Waals surface area contributed by atoms with E-state index in [1.54, 1.807) is 0 Å². The Labute approximate surface area is 47.6 Å². The fourth-order valence-corrected chi connectivity index (χ4v) is 1.29. The maximum absolute atomic E-state index is 10.7. The van der Waals surface area contributed by atoms with Crippen molar-refractivity contribution in [3.63, 3.8) is 0 Å². The molecule has 0 radical (unpaired) electrons. The lowest BCUT2D eigenvalue weighted by molar-refractivity contribution is -0.121. The lowest BCUT2D eigenvalue weighted by atomic mass is 10.1. The van der Waals surface area contributed by atoms with Crippen LogP contribution in [0, 0.1) is 5.92 Å². The third-order valence-corrected chi connectivity index (χ3v) is 1.75. The number of fused-ring (bicyclic) bond motifs is 2. The van der Waals surface area contributed by atoms with Crippen LogP contribution in [0.2, 0.25) is 0 Å². The molecule has 1 saturated heterocycles. The molecule has 0 aromatic rings. The summed E-state index contributed by atoms with van der Waals surface area (Å²) in [6, 6.07) is 0.368. The Kier molecular flexibility index (Phi) is 0.583. The molecule has 2 atom stereocenters. The molecule has 2 aliphatic rings. The zero-order valence-corrected chi connectivity index (χ0v) is 4.42. The first-order valence-electron chi connectivity index (χ1n) is 2.85. The lowest BCUT2D eigenvalue weighted by Gasteiger charge is -2.01. The summed E-state index contributed by atoms with van der Waals surface area (Å²) in [5.74, 6) is 0.414. The lowest BCUT2D eigenvalue weighted by Crippen LogP contribution is -2.26. The number of carbonyl (C=O) groups is 1. The maximum atomic E-state index is 10.7. The molecule has 0 aromatic carbocycles. The van der Waals surface area contributed by atoms with E-state index in [0.717, 1.165) is 6.42 Å². The number of carbonyl (C=O) groups excluding carboxylic acids is 1. The molecule has 8 heavy (non-hydrogen) atoms. The van der Waals surface area contributed by atoms with Crippen LogP contribution in [0.15, 0.2) is 12.2 Å². The largest absolute Gasteiger partial charge is 0.349 e. The highest BCUT2D eigenvalue weighted by atomic mass is 16.2.